The number of hydrogen-bond acceptors (Lipinski definition) is 4. The summed E-state index contributed by atoms with van der Waals surface area (Å²) in [7, 11) is 1.62. The van der Waals surface area contributed by atoms with E-state index in [2.05, 4.69) is 10.3 Å². The van der Waals surface area contributed by atoms with Crippen LogP contribution in [0.3, 0.4) is 0 Å². The molecule has 1 rings (SSSR count). The SMILES string of the molecule is COCC(Nc1cc(C(=O)O)cc(Cl)n1)C(C)C. The third-order valence-electron chi connectivity index (χ3n) is 2.53. The molecule has 1 unspecified atom stereocenters. The van der Waals surface area contributed by atoms with Crippen molar-refractivity contribution in [3.8, 4) is 0 Å². The number of carboxylic acids is 1. The van der Waals surface area contributed by atoms with Gasteiger partial charge in [-0.2, -0.15) is 0 Å². The van der Waals surface area contributed by atoms with E-state index < -0.39 is 5.97 Å². The van der Waals surface area contributed by atoms with Crippen LogP contribution in [0.15, 0.2) is 12.1 Å². The van der Waals surface area contributed by atoms with E-state index in [1.165, 1.54) is 12.1 Å². The molecule has 0 aliphatic heterocycles. The lowest BCUT2D eigenvalue weighted by Gasteiger charge is -2.22. The van der Waals surface area contributed by atoms with Crippen LogP contribution in [0.1, 0.15) is 24.2 Å². The fourth-order valence-electron chi connectivity index (χ4n) is 1.46. The molecule has 1 atom stereocenters. The molecule has 0 amide bonds. The first-order chi connectivity index (χ1) is 8.43. The maximum atomic E-state index is 10.9. The number of halogens is 1. The molecule has 2 N–H and O–H groups in total. The number of pyridine rings is 1. The van der Waals surface area contributed by atoms with Crippen LogP contribution in [-0.4, -0.2) is 35.8 Å². The van der Waals surface area contributed by atoms with Crippen molar-refractivity contribution in [1.29, 1.82) is 0 Å². The molecule has 0 saturated heterocycles. The number of aromatic carboxylic acids is 1. The molecule has 0 fully saturated rings. The van der Waals surface area contributed by atoms with Crippen molar-refractivity contribution in [2.75, 3.05) is 19.0 Å². The van der Waals surface area contributed by atoms with Gasteiger partial charge in [-0.25, -0.2) is 9.78 Å². The highest BCUT2D eigenvalue weighted by atomic mass is 35.5. The van der Waals surface area contributed by atoms with Gasteiger partial charge in [0.05, 0.1) is 18.2 Å². The molecule has 0 bridgehead atoms. The molecule has 18 heavy (non-hydrogen) atoms. The molecule has 1 aromatic rings. The highest BCUT2D eigenvalue weighted by molar-refractivity contribution is 6.29. The van der Waals surface area contributed by atoms with Crippen molar-refractivity contribution in [3.63, 3.8) is 0 Å². The standard InChI is InChI=1S/C12H17ClN2O3/c1-7(2)9(6-18-3)14-11-5-8(12(16)17)4-10(13)15-11/h4-5,7,9H,6H2,1-3H3,(H,14,15)(H,16,17). The highest BCUT2D eigenvalue weighted by Gasteiger charge is 2.15. The van der Waals surface area contributed by atoms with Crippen LogP contribution in [0.25, 0.3) is 0 Å². The van der Waals surface area contributed by atoms with E-state index in [1.807, 2.05) is 13.8 Å². The minimum Gasteiger partial charge on any atom is -0.478 e. The van der Waals surface area contributed by atoms with E-state index in [-0.39, 0.29) is 16.8 Å². The number of methoxy groups -OCH3 is 1. The van der Waals surface area contributed by atoms with E-state index in [0.29, 0.717) is 18.3 Å². The molecule has 0 saturated carbocycles. The second kappa shape index (κ2) is 6.56. The summed E-state index contributed by atoms with van der Waals surface area (Å²) in [6, 6.07) is 2.82. The topological polar surface area (TPSA) is 71.5 Å². The molecular formula is C12H17ClN2O3. The number of nitrogens with zero attached hydrogens (tertiary/aromatic N) is 1. The molecule has 1 heterocycles. The quantitative estimate of drug-likeness (QED) is 0.779. The predicted octanol–water partition coefficient (Wildman–Crippen LogP) is 2.52. The van der Waals surface area contributed by atoms with E-state index in [1.54, 1.807) is 7.11 Å². The molecule has 0 aromatic carbocycles. The first kappa shape index (κ1) is 14.7. The zero-order valence-corrected chi connectivity index (χ0v) is 11.4. The molecule has 0 spiro atoms. The Labute approximate surface area is 111 Å². The van der Waals surface area contributed by atoms with Gasteiger partial charge in [0.1, 0.15) is 11.0 Å². The second-order valence-electron chi connectivity index (χ2n) is 4.32. The van der Waals surface area contributed by atoms with Gasteiger partial charge >= 0.3 is 5.97 Å². The van der Waals surface area contributed by atoms with Crippen molar-refractivity contribution >= 4 is 23.4 Å². The number of carboxylic acid groups (broad SMARTS) is 1. The Bertz CT molecular complexity index is 424. The first-order valence-corrected chi connectivity index (χ1v) is 5.98. The Morgan fingerprint density at radius 1 is 1.56 bits per heavy atom. The zero-order chi connectivity index (χ0) is 13.7. The van der Waals surface area contributed by atoms with Crippen molar-refractivity contribution in [2.45, 2.75) is 19.9 Å². The number of hydrogen-bond donors (Lipinski definition) is 2. The summed E-state index contributed by atoms with van der Waals surface area (Å²) in [4.78, 5) is 15.0. The Kier molecular flexibility index (Phi) is 5.37. The minimum atomic E-state index is -1.03. The summed E-state index contributed by atoms with van der Waals surface area (Å²) in [6.45, 7) is 4.59. The van der Waals surface area contributed by atoms with E-state index in [0.717, 1.165) is 0 Å². The molecular weight excluding hydrogens is 256 g/mol. The molecule has 100 valence electrons. The Morgan fingerprint density at radius 2 is 2.22 bits per heavy atom. The summed E-state index contributed by atoms with van der Waals surface area (Å²) < 4.78 is 5.11. The number of anilines is 1. The fourth-order valence-corrected chi connectivity index (χ4v) is 1.67. The summed E-state index contributed by atoms with van der Waals surface area (Å²) >= 11 is 5.79. The number of ether oxygens (including phenoxy) is 1. The van der Waals surface area contributed by atoms with Gasteiger partial charge in [-0.3, -0.25) is 0 Å². The molecule has 0 aliphatic rings. The summed E-state index contributed by atoms with van der Waals surface area (Å²) in [5, 5.41) is 12.2. The minimum absolute atomic E-state index is 0.0441. The van der Waals surface area contributed by atoms with Crippen molar-refractivity contribution < 1.29 is 14.6 Å². The average Bonchev–Trinajstić information content (AvgIpc) is 2.27. The summed E-state index contributed by atoms with van der Waals surface area (Å²) in [5.41, 5.74) is 0.109. The average molecular weight is 273 g/mol. The molecule has 5 nitrogen and oxygen atoms in total. The van der Waals surface area contributed by atoms with Crippen LogP contribution >= 0.6 is 11.6 Å². The lowest BCUT2D eigenvalue weighted by atomic mass is 10.1. The lowest BCUT2D eigenvalue weighted by molar-refractivity contribution is 0.0697. The fraction of sp³-hybridized carbons (Fsp3) is 0.500. The van der Waals surface area contributed by atoms with Gasteiger partial charge in [-0.15, -0.1) is 0 Å². The maximum Gasteiger partial charge on any atom is 0.335 e. The van der Waals surface area contributed by atoms with E-state index in [9.17, 15) is 4.79 Å². The van der Waals surface area contributed by atoms with Crippen LogP contribution in [0, 0.1) is 5.92 Å². The number of carbonyl (C=O) groups is 1. The molecule has 0 radical (unpaired) electrons. The predicted molar refractivity (Wildman–Crippen MR) is 70.3 cm³/mol. The summed E-state index contributed by atoms with van der Waals surface area (Å²) in [5.74, 6) is -0.273. The normalized spacial score (nSPS) is 12.5. The Balaban J connectivity index is 2.91. The van der Waals surface area contributed by atoms with Gasteiger partial charge in [0.15, 0.2) is 0 Å². The third-order valence-corrected chi connectivity index (χ3v) is 2.72. The smallest absolute Gasteiger partial charge is 0.335 e. The Morgan fingerprint density at radius 3 is 2.72 bits per heavy atom. The summed E-state index contributed by atoms with van der Waals surface area (Å²) in [6.07, 6.45) is 0. The van der Waals surface area contributed by atoms with E-state index in [4.69, 9.17) is 21.4 Å². The van der Waals surface area contributed by atoms with Crippen LogP contribution in [0.2, 0.25) is 5.15 Å². The third kappa shape index (κ3) is 4.16. The largest absolute Gasteiger partial charge is 0.478 e. The van der Waals surface area contributed by atoms with Crippen LogP contribution < -0.4 is 5.32 Å². The number of aromatic nitrogens is 1. The van der Waals surface area contributed by atoms with Gasteiger partial charge in [0.25, 0.3) is 0 Å². The van der Waals surface area contributed by atoms with Gasteiger partial charge < -0.3 is 15.2 Å². The Hall–Kier alpha value is -1.33. The van der Waals surface area contributed by atoms with Crippen LogP contribution in [0.5, 0.6) is 0 Å². The first-order valence-electron chi connectivity index (χ1n) is 5.60. The van der Waals surface area contributed by atoms with Gasteiger partial charge in [0, 0.05) is 7.11 Å². The monoisotopic (exact) mass is 272 g/mol. The van der Waals surface area contributed by atoms with Crippen LogP contribution in [-0.2, 0) is 4.74 Å². The molecule has 1 aromatic heterocycles. The number of nitrogens with one attached hydrogen (secondary N) is 1. The van der Waals surface area contributed by atoms with Gasteiger partial charge in [0.2, 0.25) is 0 Å². The maximum absolute atomic E-state index is 10.9. The van der Waals surface area contributed by atoms with E-state index >= 15 is 0 Å². The zero-order valence-electron chi connectivity index (χ0n) is 10.6. The van der Waals surface area contributed by atoms with Gasteiger partial charge in [-0.1, -0.05) is 25.4 Å². The highest BCUT2D eigenvalue weighted by Crippen LogP contribution is 2.17. The van der Waals surface area contributed by atoms with Crippen LogP contribution in [0.4, 0.5) is 5.82 Å². The number of rotatable bonds is 6. The molecule has 0 aliphatic carbocycles. The van der Waals surface area contributed by atoms with Crippen molar-refractivity contribution in [1.82, 2.24) is 4.98 Å². The van der Waals surface area contributed by atoms with Crippen molar-refractivity contribution in [3.05, 3.63) is 22.8 Å². The van der Waals surface area contributed by atoms with Crippen molar-refractivity contribution in [2.24, 2.45) is 5.92 Å². The molecule has 6 heteroatoms. The second-order valence-corrected chi connectivity index (χ2v) is 4.71. The lowest BCUT2D eigenvalue weighted by Crippen LogP contribution is -2.30. The van der Waals surface area contributed by atoms with Gasteiger partial charge in [-0.05, 0) is 18.1 Å².